The highest BCUT2D eigenvalue weighted by molar-refractivity contribution is 6.22. The number of amides is 3. The Balaban J connectivity index is 1.45. The van der Waals surface area contributed by atoms with Crippen LogP contribution in [0, 0.1) is 0 Å². The average Bonchev–Trinajstić information content (AvgIpc) is 3.30. The zero-order valence-corrected chi connectivity index (χ0v) is 15.4. The minimum Gasteiger partial charge on any atom is -0.491 e. The van der Waals surface area contributed by atoms with Gasteiger partial charge in [0.15, 0.2) is 0 Å². The number of nitrogens with one attached hydrogen (secondary N) is 1. The zero-order chi connectivity index (χ0) is 19.7. The second-order valence-electron chi connectivity index (χ2n) is 6.86. The molecule has 0 bridgehead atoms. The molecule has 1 atom stereocenters. The van der Waals surface area contributed by atoms with E-state index in [2.05, 4.69) is 5.32 Å². The van der Waals surface area contributed by atoms with E-state index in [0.29, 0.717) is 29.2 Å². The van der Waals surface area contributed by atoms with Crippen molar-refractivity contribution < 1.29 is 23.9 Å². The Morgan fingerprint density at radius 2 is 2.00 bits per heavy atom. The number of imide groups is 1. The number of nitrogens with zero attached hydrogens (tertiary/aromatic N) is 1. The van der Waals surface area contributed by atoms with Crippen LogP contribution in [-0.2, 0) is 4.74 Å². The van der Waals surface area contributed by atoms with Crippen molar-refractivity contribution in [2.24, 2.45) is 0 Å². The number of benzene rings is 2. The van der Waals surface area contributed by atoms with Crippen LogP contribution in [-0.4, -0.2) is 49.0 Å². The molecule has 0 radical (unpaired) electrons. The molecule has 4 rings (SSSR count). The van der Waals surface area contributed by atoms with Crippen LogP contribution in [0.4, 0.5) is 5.69 Å². The van der Waals surface area contributed by atoms with Crippen molar-refractivity contribution in [2.45, 2.75) is 18.9 Å². The van der Waals surface area contributed by atoms with Gasteiger partial charge in [-0.3, -0.25) is 19.3 Å². The smallest absolute Gasteiger partial charge is 0.261 e. The van der Waals surface area contributed by atoms with Gasteiger partial charge in [0.2, 0.25) is 0 Å². The molecule has 0 spiro atoms. The Bertz CT molecular complexity index is 950. The van der Waals surface area contributed by atoms with Crippen LogP contribution in [0.3, 0.4) is 0 Å². The fraction of sp³-hybridized carbons (Fsp3) is 0.286. The van der Waals surface area contributed by atoms with E-state index in [1.807, 2.05) is 6.07 Å². The Labute approximate surface area is 162 Å². The first-order valence-corrected chi connectivity index (χ1v) is 9.15. The zero-order valence-electron chi connectivity index (χ0n) is 15.4. The number of fused-ring (bicyclic) bond motifs is 1. The summed E-state index contributed by atoms with van der Waals surface area (Å²) in [7, 11) is 1.42. The molecule has 7 nitrogen and oxygen atoms in total. The fourth-order valence-corrected chi connectivity index (χ4v) is 3.33. The summed E-state index contributed by atoms with van der Waals surface area (Å²) < 4.78 is 11.3. The van der Waals surface area contributed by atoms with Crippen LogP contribution in [0.1, 0.15) is 43.9 Å². The molecule has 2 aromatic rings. The minimum absolute atomic E-state index is 0.114. The number of rotatable bonds is 5. The lowest BCUT2D eigenvalue weighted by Gasteiger charge is -2.12. The predicted molar refractivity (Wildman–Crippen MR) is 102 cm³/mol. The normalized spacial score (nSPS) is 18.3. The van der Waals surface area contributed by atoms with Crippen LogP contribution in [0.25, 0.3) is 0 Å². The van der Waals surface area contributed by atoms with E-state index in [-0.39, 0.29) is 23.5 Å². The first kappa shape index (κ1) is 18.2. The molecule has 3 amide bonds. The molecule has 1 saturated heterocycles. The van der Waals surface area contributed by atoms with E-state index in [0.717, 1.165) is 24.3 Å². The molecule has 28 heavy (non-hydrogen) atoms. The molecular formula is C21H20N2O5. The van der Waals surface area contributed by atoms with Gasteiger partial charge in [0, 0.05) is 31.0 Å². The van der Waals surface area contributed by atoms with Gasteiger partial charge < -0.3 is 14.8 Å². The van der Waals surface area contributed by atoms with E-state index in [1.165, 1.54) is 25.2 Å². The second kappa shape index (κ2) is 7.44. The largest absolute Gasteiger partial charge is 0.491 e. The molecule has 0 saturated carbocycles. The summed E-state index contributed by atoms with van der Waals surface area (Å²) in [6.45, 7) is 1.25. The quantitative estimate of drug-likeness (QED) is 0.807. The first-order chi connectivity index (χ1) is 13.5. The SMILES string of the molecule is CN1C(=O)c2ccc(C(=O)Nc3cccc(OC[C@H]4CCCO4)c3)cc2C1=O. The summed E-state index contributed by atoms with van der Waals surface area (Å²) in [5.74, 6) is -0.485. The molecule has 144 valence electrons. The Kier molecular flexibility index (Phi) is 4.83. The highest BCUT2D eigenvalue weighted by atomic mass is 16.5. The van der Waals surface area contributed by atoms with Crippen LogP contribution >= 0.6 is 0 Å². The van der Waals surface area contributed by atoms with Gasteiger partial charge in [-0.2, -0.15) is 0 Å². The number of ether oxygens (including phenoxy) is 2. The molecule has 1 N–H and O–H groups in total. The van der Waals surface area contributed by atoms with Crippen LogP contribution in [0.15, 0.2) is 42.5 Å². The summed E-state index contributed by atoms with van der Waals surface area (Å²) >= 11 is 0. The van der Waals surface area contributed by atoms with Gasteiger partial charge in [0.05, 0.1) is 17.2 Å². The average molecular weight is 380 g/mol. The van der Waals surface area contributed by atoms with Crippen LogP contribution < -0.4 is 10.1 Å². The van der Waals surface area contributed by atoms with E-state index in [1.54, 1.807) is 18.2 Å². The van der Waals surface area contributed by atoms with Crippen LogP contribution in [0.2, 0.25) is 0 Å². The first-order valence-electron chi connectivity index (χ1n) is 9.15. The highest BCUT2D eigenvalue weighted by Gasteiger charge is 2.33. The number of anilines is 1. The number of hydrogen-bond donors (Lipinski definition) is 1. The van der Waals surface area contributed by atoms with E-state index in [9.17, 15) is 14.4 Å². The molecule has 2 aromatic carbocycles. The van der Waals surface area contributed by atoms with Crippen molar-refractivity contribution >= 4 is 23.4 Å². The lowest BCUT2D eigenvalue weighted by atomic mass is 10.1. The molecule has 2 aliphatic rings. The molecular weight excluding hydrogens is 360 g/mol. The van der Waals surface area contributed by atoms with Gasteiger partial charge in [-0.1, -0.05) is 6.07 Å². The minimum atomic E-state index is -0.404. The van der Waals surface area contributed by atoms with Gasteiger partial charge >= 0.3 is 0 Å². The molecule has 0 aliphatic carbocycles. The summed E-state index contributed by atoms with van der Waals surface area (Å²) in [5.41, 5.74) is 1.44. The molecule has 0 unspecified atom stereocenters. The van der Waals surface area contributed by atoms with Gasteiger partial charge in [-0.05, 0) is 43.2 Å². The third-order valence-electron chi connectivity index (χ3n) is 4.90. The van der Waals surface area contributed by atoms with Gasteiger partial charge in [0.25, 0.3) is 17.7 Å². The lowest BCUT2D eigenvalue weighted by molar-refractivity contribution is 0.0679. The van der Waals surface area contributed by atoms with E-state index in [4.69, 9.17) is 9.47 Å². The molecule has 2 aliphatic heterocycles. The van der Waals surface area contributed by atoms with Crippen molar-refractivity contribution in [3.05, 3.63) is 59.2 Å². The van der Waals surface area contributed by atoms with Gasteiger partial charge in [-0.15, -0.1) is 0 Å². The maximum Gasteiger partial charge on any atom is 0.261 e. The standard InChI is InChI=1S/C21H20N2O5/c1-23-20(25)17-8-7-13(10-18(17)21(23)26)19(24)22-14-4-2-5-15(11-14)28-12-16-6-3-9-27-16/h2,4-5,7-8,10-11,16H,3,6,9,12H2,1H3,(H,22,24)/t16-/m1/s1. The molecule has 0 aromatic heterocycles. The number of carbonyl (C=O) groups excluding carboxylic acids is 3. The second-order valence-corrected chi connectivity index (χ2v) is 6.86. The van der Waals surface area contributed by atoms with Gasteiger partial charge in [-0.25, -0.2) is 0 Å². The molecule has 1 fully saturated rings. The predicted octanol–water partition coefficient (Wildman–Crippen LogP) is 2.72. The lowest BCUT2D eigenvalue weighted by Crippen LogP contribution is -2.24. The van der Waals surface area contributed by atoms with Crippen molar-refractivity contribution in [3.8, 4) is 5.75 Å². The van der Waals surface area contributed by atoms with Crippen molar-refractivity contribution in [2.75, 3.05) is 25.6 Å². The van der Waals surface area contributed by atoms with Crippen LogP contribution in [0.5, 0.6) is 5.75 Å². The van der Waals surface area contributed by atoms with Crippen molar-refractivity contribution in [1.82, 2.24) is 4.90 Å². The monoisotopic (exact) mass is 380 g/mol. The maximum atomic E-state index is 12.6. The highest BCUT2D eigenvalue weighted by Crippen LogP contribution is 2.24. The third kappa shape index (κ3) is 3.48. The Hall–Kier alpha value is -3.19. The summed E-state index contributed by atoms with van der Waals surface area (Å²) in [5, 5.41) is 2.79. The summed E-state index contributed by atoms with van der Waals surface area (Å²) in [6, 6.07) is 11.6. The fourth-order valence-electron chi connectivity index (χ4n) is 3.33. The van der Waals surface area contributed by atoms with Gasteiger partial charge in [0.1, 0.15) is 12.4 Å². The number of carbonyl (C=O) groups is 3. The number of hydrogen-bond acceptors (Lipinski definition) is 5. The summed E-state index contributed by atoms with van der Waals surface area (Å²) in [4.78, 5) is 37.7. The van der Waals surface area contributed by atoms with E-state index >= 15 is 0 Å². The molecule has 2 heterocycles. The molecule has 7 heteroatoms. The summed E-state index contributed by atoms with van der Waals surface area (Å²) in [6.07, 6.45) is 2.16. The topological polar surface area (TPSA) is 84.9 Å². The Morgan fingerprint density at radius 1 is 1.18 bits per heavy atom. The third-order valence-corrected chi connectivity index (χ3v) is 4.90. The maximum absolute atomic E-state index is 12.6. The van der Waals surface area contributed by atoms with Crippen molar-refractivity contribution in [1.29, 1.82) is 0 Å². The van der Waals surface area contributed by atoms with Crippen molar-refractivity contribution in [3.63, 3.8) is 0 Å². The van der Waals surface area contributed by atoms with E-state index < -0.39 is 5.91 Å². The Morgan fingerprint density at radius 3 is 2.79 bits per heavy atom.